The Bertz CT molecular complexity index is 98.5. The van der Waals surface area contributed by atoms with Crippen LogP contribution >= 0.6 is 0 Å². The molecule has 0 amide bonds. The van der Waals surface area contributed by atoms with E-state index in [9.17, 15) is 0 Å². The minimum Gasteiger partial charge on any atom is -0.680 e. The molecule has 1 aliphatic carbocycles. The first-order valence-corrected chi connectivity index (χ1v) is 4.38. The van der Waals surface area contributed by atoms with Crippen molar-refractivity contribution in [2.75, 3.05) is 7.05 Å². The summed E-state index contributed by atoms with van der Waals surface area (Å²) >= 11 is 0. The molecule has 0 aromatic carbocycles. The van der Waals surface area contributed by atoms with Crippen molar-refractivity contribution >= 4 is 0 Å². The van der Waals surface area contributed by atoms with Crippen LogP contribution in [0.25, 0.3) is 5.73 Å². The van der Waals surface area contributed by atoms with Crippen LogP contribution in [0.1, 0.15) is 33.1 Å². The largest absolute Gasteiger partial charge is 0.680 e. The molecule has 0 aromatic heterocycles. The van der Waals surface area contributed by atoms with E-state index in [4.69, 9.17) is 10.8 Å². The number of rotatable bonds is 1. The van der Waals surface area contributed by atoms with E-state index in [1.807, 2.05) is 0 Å². The smallest absolute Gasteiger partial charge is 0.0543 e. The van der Waals surface area contributed by atoms with Crippen molar-refractivity contribution in [3.05, 3.63) is 5.73 Å². The standard InChI is InChI=1S/C8H16O.CH4N.W/c1-6(2)7-3-4-8(9)5-7;1-2;/h6-9H,3-5H2,1-2H3;2H,1H3;/q;-1;. The predicted molar refractivity (Wildman–Crippen MR) is 48.4 cm³/mol. The molecule has 2 atom stereocenters. The zero-order chi connectivity index (χ0) is 8.85. The maximum absolute atomic E-state index is 9.15. The van der Waals surface area contributed by atoms with Crippen LogP contribution in [0.2, 0.25) is 0 Å². The zero-order valence-corrected chi connectivity index (χ0v) is 11.1. The first-order chi connectivity index (χ1) is 5.20. The fourth-order valence-corrected chi connectivity index (χ4v) is 1.60. The minimum atomic E-state index is 0. The topological polar surface area (TPSA) is 44.0 Å². The van der Waals surface area contributed by atoms with Gasteiger partial charge in [-0.25, -0.2) is 0 Å². The van der Waals surface area contributed by atoms with Crippen LogP contribution in [0.5, 0.6) is 0 Å². The predicted octanol–water partition coefficient (Wildman–Crippen LogP) is 2.47. The Balaban J connectivity index is 0. The number of aliphatic hydroxyl groups excluding tert-OH is 1. The molecule has 1 rings (SSSR count). The molecular formula is C9H20NOW-. The Hall–Kier alpha value is 0.608. The monoisotopic (exact) mass is 342 g/mol. The van der Waals surface area contributed by atoms with Gasteiger partial charge in [-0.05, 0) is 31.1 Å². The summed E-state index contributed by atoms with van der Waals surface area (Å²) in [6, 6.07) is 0. The van der Waals surface area contributed by atoms with Gasteiger partial charge in [0.05, 0.1) is 6.10 Å². The zero-order valence-electron chi connectivity index (χ0n) is 8.21. The first kappa shape index (κ1) is 15.1. The fraction of sp³-hybridized carbons (Fsp3) is 1.00. The van der Waals surface area contributed by atoms with E-state index in [0.29, 0.717) is 0 Å². The van der Waals surface area contributed by atoms with Crippen molar-refractivity contribution in [3.63, 3.8) is 0 Å². The third-order valence-corrected chi connectivity index (χ3v) is 2.39. The maximum atomic E-state index is 9.15. The SMILES string of the molecule is CC(C)C1CCC(O)C1.C[NH-].[W]. The number of nitrogens with one attached hydrogen (secondary N) is 1. The second-order valence-corrected chi connectivity index (χ2v) is 3.47. The van der Waals surface area contributed by atoms with E-state index in [0.717, 1.165) is 24.7 Å². The summed E-state index contributed by atoms with van der Waals surface area (Å²) in [7, 11) is 1.25. The van der Waals surface area contributed by atoms with Gasteiger partial charge in [-0.1, -0.05) is 13.8 Å². The number of hydrogen-bond acceptors (Lipinski definition) is 1. The molecule has 12 heavy (non-hydrogen) atoms. The second-order valence-electron chi connectivity index (χ2n) is 3.47. The van der Waals surface area contributed by atoms with Crippen molar-refractivity contribution in [2.24, 2.45) is 11.8 Å². The van der Waals surface area contributed by atoms with Gasteiger partial charge in [0.2, 0.25) is 0 Å². The van der Waals surface area contributed by atoms with Crippen molar-refractivity contribution in [3.8, 4) is 0 Å². The molecule has 0 spiro atoms. The van der Waals surface area contributed by atoms with Gasteiger partial charge in [0.15, 0.2) is 0 Å². The summed E-state index contributed by atoms with van der Waals surface area (Å²) in [6.07, 6.45) is 3.32. The summed E-state index contributed by atoms with van der Waals surface area (Å²) in [6.45, 7) is 4.48. The molecule has 1 saturated carbocycles. The van der Waals surface area contributed by atoms with E-state index < -0.39 is 0 Å². The normalized spacial score (nSPS) is 27.5. The molecule has 0 saturated heterocycles. The van der Waals surface area contributed by atoms with Gasteiger partial charge in [0.25, 0.3) is 0 Å². The average Bonchev–Trinajstić information content (AvgIpc) is 2.40. The van der Waals surface area contributed by atoms with Crippen molar-refractivity contribution < 1.29 is 26.2 Å². The van der Waals surface area contributed by atoms with Crippen LogP contribution in [-0.2, 0) is 21.1 Å². The Morgan fingerprint density at radius 2 is 1.75 bits per heavy atom. The van der Waals surface area contributed by atoms with Gasteiger partial charge in [-0.15, -0.1) is 0 Å². The summed E-state index contributed by atoms with van der Waals surface area (Å²) in [4.78, 5) is 0. The summed E-state index contributed by atoms with van der Waals surface area (Å²) in [5, 5.41) is 9.15. The van der Waals surface area contributed by atoms with E-state index in [1.165, 1.54) is 13.5 Å². The molecule has 3 heteroatoms. The molecule has 0 heterocycles. The van der Waals surface area contributed by atoms with Gasteiger partial charge in [0, 0.05) is 21.1 Å². The molecule has 2 nitrogen and oxygen atoms in total. The molecule has 2 unspecified atom stereocenters. The van der Waals surface area contributed by atoms with Crippen LogP contribution in [0.3, 0.4) is 0 Å². The summed E-state index contributed by atoms with van der Waals surface area (Å²) in [5.74, 6) is 1.56. The van der Waals surface area contributed by atoms with Gasteiger partial charge < -0.3 is 10.8 Å². The molecule has 0 bridgehead atoms. The van der Waals surface area contributed by atoms with Gasteiger partial charge in [0.1, 0.15) is 0 Å². The first-order valence-electron chi connectivity index (χ1n) is 4.38. The van der Waals surface area contributed by atoms with Crippen LogP contribution in [0.15, 0.2) is 0 Å². The van der Waals surface area contributed by atoms with Crippen molar-refractivity contribution in [1.82, 2.24) is 0 Å². The third-order valence-electron chi connectivity index (χ3n) is 2.39. The Kier molecular flexibility index (Phi) is 10.3. The third kappa shape index (κ3) is 5.29. The minimum absolute atomic E-state index is 0. The van der Waals surface area contributed by atoms with E-state index in [2.05, 4.69) is 13.8 Å². The van der Waals surface area contributed by atoms with Crippen LogP contribution < -0.4 is 0 Å². The van der Waals surface area contributed by atoms with Crippen molar-refractivity contribution in [1.29, 1.82) is 0 Å². The molecule has 74 valence electrons. The summed E-state index contributed by atoms with van der Waals surface area (Å²) in [5.41, 5.74) is 5.75. The molecule has 0 aromatic rings. The molecule has 1 fully saturated rings. The molecule has 0 aliphatic heterocycles. The van der Waals surface area contributed by atoms with E-state index in [-0.39, 0.29) is 27.2 Å². The number of hydrogen-bond donors (Lipinski definition) is 1. The van der Waals surface area contributed by atoms with Crippen LogP contribution in [-0.4, -0.2) is 18.3 Å². The van der Waals surface area contributed by atoms with Gasteiger partial charge in [-0.3, -0.25) is 0 Å². The Labute approximate surface area is 90.2 Å². The number of aliphatic hydroxyl groups is 1. The maximum Gasteiger partial charge on any atom is 0.0543 e. The average molecular weight is 342 g/mol. The van der Waals surface area contributed by atoms with Gasteiger partial charge >= 0.3 is 0 Å². The van der Waals surface area contributed by atoms with Crippen molar-refractivity contribution in [2.45, 2.75) is 39.2 Å². The Morgan fingerprint density at radius 3 is 1.92 bits per heavy atom. The van der Waals surface area contributed by atoms with Crippen LogP contribution in [0, 0.1) is 11.8 Å². The second kappa shape index (κ2) is 8.22. The van der Waals surface area contributed by atoms with Gasteiger partial charge in [-0.2, -0.15) is 7.05 Å². The molecule has 2 N–H and O–H groups in total. The van der Waals surface area contributed by atoms with E-state index in [1.54, 1.807) is 0 Å². The fourth-order valence-electron chi connectivity index (χ4n) is 1.60. The summed E-state index contributed by atoms with van der Waals surface area (Å²) < 4.78 is 0. The molecular weight excluding hydrogens is 322 g/mol. The Morgan fingerprint density at radius 1 is 1.25 bits per heavy atom. The van der Waals surface area contributed by atoms with E-state index >= 15 is 0 Å². The van der Waals surface area contributed by atoms with Crippen LogP contribution in [0.4, 0.5) is 0 Å². The molecule has 1 aliphatic rings. The quantitative estimate of drug-likeness (QED) is 0.782. The molecule has 0 radical (unpaired) electrons.